The summed E-state index contributed by atoms with van der Waals surface area (Å²) < 4.78 is 5.32. The maximum atomic E-state index is 12.3. The number of rotatable bonds is 5. The molecule has 7 heteroatoms. The fraction of sp³-hybridized carbons (Fsp3) is 0.417. The molecule has 1 aromatic heterocycles. The molecule has 7 nitrogen and oxygen atoms in total. The van der Waals surface area contributed by atoms with Crippen molar-refractivity contribution in [3.63, 3.8) is 0 Å². The van der Waals surface area contributed by atoms with E-state index in [9.17, 15) is 14.4 Å². The first-order valence-electron chi connectivity index (χ1n) is 5.60. The summed E-state index contributed by atoms with van der Waals surface area (Å²) in [6, 6.07) is 0. The molecule has 0 spiro atoms. The Hall–Kier alpha value is -2.31. The number of aryl methyl sites for hydroxylation is 2. The summed E-state index contributed by atoms with van der Waals surface area (Å²) >= 11 is 0. The van der Waals surface area contributed by atoms with E-state index in [-0.39, 0.29) is 5.56 Å². The van der Waals surface area contributed by atoms with Crippen molar-refractivity contribution in [2.24, 2.45) is 5.73 Å². The molecule has 19 heavy (non-hydrogen) atoms. The smallest absolute Gasteiger partial charge is 0.323 e. The Kier molecular flexibility index (Phi) is 4.31. The average Bonchev–Trinajstić information content (AvgIpc) is 2.50. The summed E-state index contributed by atoms with van der Waals surface area (Å²) in [5.41, 5.74) is 5.92. The van der Waals surface area contributed by atoms with Gasteiger partial charge < -0.3 is 20.2 Å². The van der Waals surface area contributed by atoms with Gasteiger partial charge in [0, 0.05) is 5.56 Å². The standard InChI is InChI=1S/C12H16N2O5/c1-6-7(2)19-8(3)11(6)12(18)14(4-9(13)15)5-10(16)17/h4-5H2,1-3H3,(H2,13,15)(H,16,17). The van der Waals surface area contributed by atoms with Crippen LogP contribution in [0.25, 0.3) is 0 Å². The zero-order valence-corrected chi connectivity index (χ0v) is 11.0. The highest BCUT2D eigenvalue weighted by atomic mass is 16.4. The molecule has 0 aliphatic rings. The van der Waals surface area contributed by atoms with Crippen LogP contribution in [-0.4, -0.2) is 40.9 Å². The molecule has 0 saturated carbocycles. The number of hydrogen-bond donors (Lipinski definition) is 2. The molecule has 0 bridgehead atoms. The second-order valence-electron chi connectivity index (χ2n) is 4.24. The van der Waals surface area contributed by atoms with Gasteiger partial charge in [0.1, 0.15) is 24.6 Å². The SMILES string of the molecule is Cc1oc(C)c(C(=O)N(CC(N)=O)CC(=O)O)c1C. The van der Waals surface area contributed by atoms with Crippen LogP contribution in [0.3, 0.4) is 0 Å². The van der Waals surface area contributed by atoms with Crippen LogP contribution in [0.1, 0.15) is 27.4 Å². The van der Waals surface area contributed by atoms with Crippen LogP contribution in [0, 0.1) is 20.8 Å². The van der Waals surface area contributed by atoms with Crippen molar-refractivity contribution in [2.75, 3.05) is 13.1 Å². The van der Waals surface area contributed by atoms with Crippen LogP contribution in [0.2, 0.25) is 0 Å². The number of nitrogens with zero attached hydrogens (tertiary/aromatic N) is 1. The van der Waals surface area contributed by atoms with Gasteiger partial charge in [-0.1, -0.05) is 0 Å². The minimum atomic E-state index is -1.22. The van der Waals surface area contributed by atoms with Gasteiger partial charge in [0.05, 0.1) is 5.56 Å². The van der Waals surface area contributed by atoms with Gasteiger partial charge in [-0.05, 0) is 20.8 Å². The number of carboxylic acids is 1. The van der Waals surface area contributed by atoms with E-state index in [0.717, 1.165) is 4.90 Å². The number of carbonyl (C=O) groups excluding carboxylic acids is 2. The quantitative estimate of drug-likeness (QED) is 0.792. The summed E-state index contributed by atoms with van der Waals surface area (Å²) in [6.45, 7) is 3.96. The minimum absolute atomic E-state index is 0.278. The van der Waals surface area contributed by atoms with Crippen molar-refractivity contribution in [3.8, 4) is 0 Å². The highest BCUT2D eigenvalue weighted by molar-refractivity contribution is 6.00. The lowest BCUT2D eigenvalue weighted by Crippen LogP contribution is -2.41. The summed E-state index contributed by atoms with van der Waals surface area (Å²) in [6.07, 6.45) is 0. The first-order valence-corrected chi connectivity index (χ1v) is 5.60. The van der Waals surface area contributed by atoms with Crippen molar-refractivity contribution in [1.29, 1.82) is 0 Å². The van der Waals surface area contributed by atoms with Gasteiger partial charge in [-0.3, -0.25) is 14.4 Å². The van der Waals surface area contributed by atoms with E-state index in [2.05, 4.69) is 0 Å². The molecule has 0 radical (unpaired) electrons. The number of amides is 2. The second-order valence-corrected chi connectivity index (χ2v) is 4.24. The lowest BCUT2D eigenvalue weighted by atomic mass is 10.1. The number of aliphatic carboxylic acids is 1. The Labute approximate surface area is 110 Å². The number of carbonyl (C=O) groups is 3. The maximum absolute atomic E-state index is 12.3. The van der Waals surface area contributed by atoms with E-state index in [0.29, 0.717) is 17.1 Å². The molecule has 0 fully saturated rings. The second kappa shape index (κ2) is 5.55. The minimum Gasteiger partial charge on any atom is -0.480 e. The van der Waals surface area contributed by atoms with Crippen LogP contribution in [0.15, 0.2) is 4.42 Å². The fourth-order valence-electron chi connectivity index (χ4n) is 1.82. The molecule has 104 valence electrons. The molecule has 0 aromatic carbocycles. The van der Waals surface area contributed by atoms with Crippen molar-refractivity contribution in [3.05, 3.63) is 22.6 Å². The van der Waals surface area contributed by atoms with Crippen LogP contribution in [0.5, 0.6) is 0 Å². The molecule has 1 heterocycles. The summed E-state index contributed by atoms with van der Waals surface area (Å²) in [4.78, 5) is 34.8. The van der Waals surface area contributed by atoms with Crippen molar-refractivity contribution in [1.82, 2.24) is 4.90 Å². The zero-order valence-electron chi connectivity index (χ0n) is 11.0. The molecule has 0 unspecified atom stereocenters. The number of primary amides is 1. The summed E-state index contributed by atoms with van der Waals surface area (Å²) in [5, 5.41) is 8.77. The van der Waals surface area contributed by atoms with E-state index >= 15 is 0 Å². The molecule has 1 aromatic rings. The Balaban J connectivity index is 3.11. The van der Waals surface area contributed by atoms with Crippen LogP contribution >= 0.6 is 0 Å². The predicted molar refractivity (Wildman–Crippen MR) is 65.7 cm³/mol. The topological polar surface area (TPSA) is 114 Å². The fourth-order valence-corrected chi connectivity index (χ4v) is 1.82. The normalized spacial score (nSPS) is 10.3. The van der Waals surface area contributed by atoms with Crippen LogP contribution in [-0.2, 0) is 9.59 Å². The maximum Gasteiger partial charge on any atom is 0.323 e. The van der Waals surface area contributed by atoms with E-state index in [1.54, 1.807) is 20.8 Å². The molecule has 0 atom stereocenters. The first kappa shape index (κ1) is 14.7. The first-order chi connectivity index (χ1) is 8.73. The van der Waals surface area contributed by atoms with Crippen LogP contribution < -0.4 is 5.73 Å². The molecular weight excluding hydrogens is 252 g/mol. The van der Waals surface area contributed by atoms with Crippen molar-refractivity contribution in [2.45, 2.75) is 20.8 Å². The lowest BCUT2D eigenvalue weighted by molar-refractivity contribution is -0.138. The van der Waals surface area contributed by atoms with E-state index in [4.69, 9.17) is 15.3 Å². The molecule has 2 amide bonds. The summed E-state index contributed by atoms with van der Waals surface area (Å²) in [7, 11) is 0. The highest BCUT2D eigenvalue weighted by Crippen LogP contribution is 2.22. The van der Waals surface area contributed by atoms with Crippen LogP contribution in [0.4, 0.5) is 0 Å². The molecule has 0 aliphatic heterocycles. The third-order valence-corrected chi connectivity index (χ3v) is 2.74. The zero-order chi connectivity index (χ0) is 14.7. The van der Waals surface area contributed by atoms with Crippen molar-refractivity contribution < 1.29 is 23.9 Å². The van der Waals surface area contributed by atoms with E-state index in [1.807, 2.05) is 0 Å². The Morgan fingerprint density at radius 1 is 1.16 bits per heavy atom. The molecule has 0 aliphatic carbocycles. The molecule has 1 rings (SSSR count). The number of nitrogens with two attached hydrogens (primary N) is 1. The number of hydrogen-bond acceptors (Lipinski definition) is 4. The van der Waals surface area contributed by atoms with Gasteiger partial charge >= 0.3 is 5.97 Å². The largest absolute Gasteiger partial charge is 0.480 e. The monoisotopic (exact) mass is 268 g/mol. The van der Waals surface area contributed by atoms with Gasteiger partial charge in [0.15, 0.2) is 0 Å². The third-order valence-electron chi connectivity index (χ3n) is 2.74. The van der Waals surface area contributed by atoms with E-state index < -0.39 is 30.9 Å². The Morgan fingerprint density at radius 3 is 2.11 bits per heavy atom. The van der Waals surface area contributed by atoms with Gasteiger partial charge in [-0.2, -0.15) is 0 Å². The predicted octanol–water partition coefficient (Wildman–Crippen LogP) is 0.217. The third kappa shape index (κ3) is 3.34. The summed E-state index contributed by atoms with van der Waals surface area (Å²) in [5.74, 6) is -1.60. The highest BCUT2D eigenvalue weighted by Gasteiger charge is 2.26. The Bertz CT molecular complexity index is 516. The molecular formula is C12H16N2O5. The molecule has 3 N–H and O–H groups in total. The number of carboxylic acid groups (broad SMARTS) is 1. The van der Waals surface area contributed by atoms with Gasteiger partial charge in [0.25, 0.3) is 5.91 Å². The number of furan rings is 1. The van der Waals surface area contributed by atoms with E-state index in [1.165, 1.54) is 0 Å². The van der Waals surface area contributed by atoms with Gasteiger partial charge in [-0.15, -0.1) is 0 Å². The van der Waals surface area contributed by atoms with Gasteiger partial charge in [0.2, 0.25) is 5.91 Å². The molecule has 0 saturated heterocycles. The lowest BCUT2D eigenvalue weighted by Gasteiger charge is -2.19. The average molecular weight is 268 g/mol. The Morgan fingerprint density at radius 2 is 1.74 bits per heavy atom. The van der Waals surface area contributed by atoms with Gasteiger partial charge in [-0.25, -0.2) is 0 Å². The van der Waals surface area contributed by atoms with Crippen molar-refractivity contribution >= 4 is 17.8 Å².